The van der Waals surface area contributed by atoms with E-state index in [9.17, 15) is 9.90 Å². The molecule has 0 fully saturated rings. The van der Waals surface area contributed by atoms with Crippen molar-refractivity contribution in [1.82, 2.24) is 0 Å². The molecule has 26 heavy (non-hydrogen) atoms. The predicted octanol–water partition coefficient (Wildman–Crippen LogP) is 5.12. The molecule has 0 saturated carbocycles. The predicted molar refractivity (Wildman–Crippen MR) is 110 cm³/mol. The first-order chi connectivity index (χ1) is 12.4. The van der Waals surface area contributed by atoms with Gasteiger partial charge >= 0.3 is 0 Å². The fourth-order valence-electron chi connectivity index (χ4n) is 2.57. The quantitative estimate of drug-likeness (QED) is 0.619. The molecule has 0 aliphatic carbocycles. The Hall–Kier alpha value is -2.12. The highest BCUT2D eigenvalue weighted by molar-refractivity contribution is 9.13. The van der Waals surface area contributed by atoms with Crippen LogP contribution in [0, 0.1) is 0 Å². The van der Waals surface area contributed by atoms with E-state index in [0.29, 0.717) is 43.8 Å². The molecule has 0 atom stereocenters. The van der Waals surface area contributed by atoms with Crippen molar-refractivity contribution in [2.45, 2.75) is 13.8 Å². The third-order valence-electron chi connectivity index (χ3n) is 3.84. The van der Waals surface area contributed by atoms with Crippen LogP contribution in [0.1, 0.15) is 19.4 Å². The number of amides is 1. The molecule has 1 aliphatic heterocycles. The van der Waals surface area contributed by atoms with E-state index < -0.39 is 0 Å². The number of benzene rings is 2. The van der Waals surface area contributed by atoms with Gasteiger partial charge in [-0.1, -0.05) is 18.2 Å². The Bertz CT molecular complexity index is 924. The Morgan fingerprint density at radius 1 is 1.23 bits per heavy atom. The molecule has 134 valence electrons. The summed E-state index contributed by atoms with van der Waals surface area (Å²) in [7, 11) is 0. The maximum absolute atomic E-state index is 12.8. The van der Waals surface area contributed by atoms with Crippen molar-refractivity contribution >= 4 is 55.2 Å². The number of rotatable bonds is 4. The lowest BCUT2D eigenvalue weighted by Crippen LogP contribution is -2.21. The zero-order chi connectivity index (χ0) is 18.8. The summed E-state index contributed by atoms with van der Waals surface area (Å²) in [5.41, 5.74) is 2.51. The van der Waals surface area contributed by atoms with Gasteiger partial charge in [0.15, 0.2) is 11.5 Å². The molecular weight excluding hydrogens is 464 g/mol. The molecule has 1 aliphatic rings. The molecule has 1 heterocycles. The number of carbonyl (C=O) groups is 1. The van der Waals surface area contributed by atoms with Gasteiger partial charge < -0.3 is 9.84 Å². The number of halogens is 2. The highest BCUT2D eigenvalue weighted by atomic mass is 79.9. The molecule has 1 amide bonds. The average Bonchev–Trinajstić information content (AvgIpc) is 2.92. The zero-order valence-corrected chi connectivity index (χ0v) is 17.3. The van der Waals surface area contributed by atoms with Crippen LogP contribution >= 0.6 is 31.9 Å². The topological polar surface area (TPSA) is 62.1 Å². The number of phenolic OH excluding ortho intramolecular Hbond substituents is 1. The van der Waals surface area contributed by atoms with E-state index in [1.165, 1.54) is 5.01 Å². The van der Waals surface area contributed by atoms with Crippen molar-refractivity contribution in [3.05, 3.63) is 56.5 Å². The standard InChI is InChI=1S/C19H16Br2N2O3/c1-3-26-15-10-12(16(20)17(21)18(15)24)9-14-11(2)22-23(19(14)25)13-7-5-4-6-8-13/h4-10,24H,3H2,1-2H3/b14-9-. The van der Waals surface area contributed by atoms with Gasteiger partial charge in [0.2, 0.25) is 0 Å². The first-order valence-electron chi connectivity index (χ1n) is 7.94. The Balaban J connectivity index is 2.03. The monoisotopic (exact) mass is 478 g/mol. The highest BCUT2D eigenvalue weighted by Crippen LogP contribution is 2.43. The second kappa shape index (κ2) is 7.63. The first-order valence-corrected chi connectivity index (χ1v) is 9.53. The second-order valence-electron chi connectivity index (χ2n) is 5.57. The van der Waals surface area contributed by atoms with Crippen LogP contribution in [0.3, 0.4) is 0 Å². The summed E-state index contributed by atoms with van der Waals surface area (Å²) in [6.07, 6.45) is 1.74. The van der Waals surface area contributed by atoms with Gasteiger partial charge in [-0.2, -0.15) is 10.1 Å². The van der Waals surface area contributed by atoms with Crippen LogP contribution in [-0.4, -0.2) is 23.3 Å². The fraction of sp³-hybridized carbons (Fsp3) is 0.158. The minimum atomic E-state index is -0.206. The Morgan fingerprint density at radius 2 is 1.92 bits per heavy atom. The first kappa shape index (κ1) is 18.7. The van der Waals surface area contributed by atoms with Crippen molar-refractivity contribution in [2.75, 3.05) is 11.6 Å². The van der Waals surface area contributed by atoms with E-state index in [-0.39, 0.29) is 11.7 Å². The number of phenols is 1. The summed E-state index contributed by atoms with van der Waals surface area (Å²) in [4.78, 5) is 12.8. The van der Waals surface area contributed by atoms with Gasteiger partial charge in [-0.15, -0.1) is 0 Å². The number of carbonyl (C=O) groups excluding carboxylic acids is 1. The lowest BCUT2D eigenvalue weighted by atomic mass is 10.1. The molecule has 2 aromatic rings. The summed E-state index contributed by atoms with van der Waals surface area (Å²) in [6.45, 7) is 4.04. The molecule has 0 unspecified atom stereocenters. The average molecular weight is 480 g/mol. The van der Waals surface area contributed by atoms with Crippen LogP contribution in [0.4, 0.5) is 5.69 Å². The highest BCUT2D eigenvalue weighted by Gasteiger charge is 2.29. The van der Waals surface area contributed by atoms with Gasteiger partial charge in [-0.05, 0) is 75.5 Å². The zero-order valence-electron chi connectivity index (χ0n) is 14.2. The minimum Gasteiger partial charge on any atom is -0.503 e. The number of para-hydroxylation sites is 1. The van der Waals surface area contributed by atoms with Gasteiger partial charge in [0.25, 0.3) is 5.91 Å². The number of hydrogen-bond acceptors (Lipinski definition) is 4. The van der Waals surface area contributed by atoms with E-state index in [2.05, 4.69) is 37.0 Å². The van der Waals surface area contributed by atoms with Gasteiger partial charge in [0.1, 0.15) is 0 Å². The van der Waals surface area contributed by atoms with E-state index in [4.69, 9.17) is 4.74 Å². The molecule has 0 radical (unpaired) electrons. The molecule has 0 saturated heterocycles. The van der Waals surface area contributed by atoms with Crippen LogP contribution in [0.15, 0.2) is 56.0 Å². The number of aromatic hydroxyl groups is 1. The number of hydrazone groups is 1. The third-order valence-corrected chi connectivity index (χ3v) is 6.00. The maximum Gasteiger partial charge on any atom is 0.280 e. The maximum atomic E-state index is 12.8. The third kappa shape index (κ3) is 3.41. The second-order valence-corrected chi connectivity index (χ2v) is 7.16. The molecule has 7 heteroatoms. The molecule has 3 rings (SSSR count). The van der Waals surface area contributed by atoms with Crippen LogP contribution in [0.25, 0.3) is 6.08 Å². The van der Waals surface area contributed by atoms with Crippen molar-refractivity contribution in [1.29, 1.82) is 0 Å². The summed E-state index contributed by atoms with van der Waals surface area (Å²) >= 11 is 6.80. The molecule has 0 aromatic heterocycles. The lowest BCUT2D eigenvalue weighted by Gasteiger charge is -2.12. The summed E-state index contributed by atoms with van der Waals surface area (Å²) in [5.74, 6) is 0.145. The van der Waals surface area contributed by atoms with Gasteiger partial charge in [-0.3, -0.25) is 4.79 Å². The SMILES string of the molecule is CCOc1cc(/C=C2\C(=O)N(c3ccccc3)N=C2C)c(Br)c(Br)c1O. The largest absolute Gasteiger partial charge is 0.503 e. The van der Waals surface area contributed by atoms with Gasteiger partial charge in [-0.25, -0.2) is 0 Å². The van der Waals surface area contributed by atoms with E-state index >= 15 is 0 Å². The van der Waals surface area contributed by atoms with Crippen molar-refractivity contribution in [2.24, 2.45) is 5.10 Å². The van der Waals surface area contributed by atoms with E-state index in [0.717, 1.165) is 0 Å². The summed E-state index contributed by atoms with van der Waals surface area (Å²) < 4.78 is 6.56. The number of hydrogen-bond donors (Lipinski definition) is 1. The molecule has 2 aromatic carbocycles. The Labute approximate surface area is 168 Å². The number of nitrogens with zero attached hydrogens (tertiary/aromatic N) is 2. The normalized spacial score (nSPS) is 15.5. The van der Waals surface area contributed by atoms with Gasteiger partial charge in [0.05, 0.1) is 28.1 Å². The molecule has 1 N–H and O–H groups in total. The van der Waals surface area contributed by atoms with Crippen LogP contribution < -0.4 is 9.75 Å². The Morgan fingerprint density at radius 3 is 2.58 bits per heavy atom. The fourth-order valence-corrected chi connectivity index (χ4v) is 3.41. The molecule has 0 spiro atoms. The molecule has 5 nitrogen and oxygen atoms in total. The van der Waals surface area contributed by atoms with Crippen LogP contribution in [0.5, 0.6) is 11.5 Å². The number of ether oxygens (including phenoxy) is 1. The van der Waals surface area contributed by atoms with E-state index in [1.54, 1.807) is 19.1 Å². The van der Waals surface area contributed by atoms with Gasteiger partial charge in [0, 0.05) is 4.47 Å². The smallest absolute Gasteiger partial charge is 0.280 e. The lowest BCUT2D eigenvalue weighted by molar-refractivity contribution is -0.114. The van der Waals surface area contributed by atoms with Crippen LogP contribution in [-0.2, 0) is 4.79 Å². The van der Waals surface area contributed by atoms with E-state index in [1.807, 2.05) is 37.3 Å². The molecular formula is C19H16Br2N2O3. The van der Waals surface area contributed by atoms with Crippen molar-refractivity contribution in [3.63, 3.8) is 0 Å². The minimum absolute atomic E-state index is 0.00919. The molecule has 0 bridgehead atoms. The number of anilines is 1. The summed E-state index contributed by atoms with van der Waals surface area (Å²) in [5, 5.41) is 15.9. The Kier molecular flexibility index (Phi) is 5.48. The summed E-state index contributed by atoms with van der Waals surface area (Å²) in [6, 6.07) is 11.0. The van der Waals surface area contributed by atoms with Crippen molar-refractivity contribution in [3.8, 4) is 11.5 Å². The van der Waals surface area contributed by atoms with Crippen molar-refractivity contribution < 1.29 is 14.6 Å². The van der Waals surface area contributed by atoms with Crippen LogP contribution in [0.2, 0.25) is 0 Å².